The van der Waals surface area contributed by atoms with Gasteiger partial charge in [0.05, 0.1) is 0 Å². The van der Waals surface area contributed by atoms with E-state index in [1.807, 2.05) is 29.2 Å². The molecular formula is C26H32ClN3O3. The van der Waals surface area contributed by atoms with Crippen LogP contribution in [0.1, 0.15) is 43.4 Å². The number of carbonyl (C=O) groups excluding carboxylic acids is 2. The third-order valence-corrected chi connectivity index (χ3v) is 7.35. The van der Waals surface area contributed by atoms with Crippen LogP contribution in [0, 0.1) is 0 Å². The van der Waals surface area contributed by atoms with Crippen LogP contribution >= 0.6 is 11.6 Å². The number of ether oxygens (including phenoxy) is 1. The van der Waals surface area contributed by atoms with Crippen LogP contribution < -0.4 is 10.1 Å². The Kier molecular flexibility index (Phi) is 7.25. The average molecular weight is 470 g/mol. The summed E-state index contributed by atoms with van der Waals surface area (Å²) >= 11 is 6.26. The fourth-order valence-corrected chi connectivity index (χ4v) is 5.10. The highest BCUT2D eigenvalue weighted by Crippen LogP contribution is 2.40. The molecule has 0 radical (unpaired) electrons. The molecule has 0 unspecified atom stereocenters. The fourth-order valence-electron chi connectivity index (χ4n) is 4.93. The Morgan fingerprint density at radius 3 is 2.67 bits per heavy atom. The number of amides is 2. The lowest BCUT2D eigenvalue weighted by molar-refractivity contribution is -0.129. The van der Waals surface area contributed by atoms with Crippen LogP contribution in [0.15, 0.2) is 36.4 Å². The smallest absolute Gasteiger partial charge is 0.219 e. The molecule has 2 aliphatic rings. The minimum absolute atomic E-state index is 0.0279. The maximum absolute atomic E-state index is 11.6. The average Bonchev–Trinajstić information content (AvgIpc) is 2.81. The van der Waals surface area contributed by atoms with Crippen LogP contribution in [0.25, 0.3) is 0 Å². The van der Waals surface area contributed by atoms with E-state index in [0.717, 1.165) is 68.9 Å². The number of halogens is 1. The quantitative estimate of drug-likeness (QED) is 0.616. The van der Waals surface area contributed by atoms with Gasteiger partial charge in [-0.3, -0.25) is 14.5 Å². The molecular weight excluding hydrogens is 438 g/mol. The molecule has 33 heavy (non-hydrogen) atoms. The summed E-state index contributed by atoms with van der Waals surface area (Å²) in [5.41, 5.74) is 4.41. The van der Waals surface area contributed by atoms with E-state index in [9.17, 15) is 9.59 Å². The standard InChI is InChI=1S/C26H32ClN3O3/c1-19(32)30-10-7-20-15-23(5-3-21(20)17-30)33-14-13-29-11-8-26(2,9-12-29)24-16-22(27)4-6-25(24)28-18-31/h3-6,15-16,18H,7-14,17H2,1-2H3,(H,28,31). The molecule has 2 aliphatic heterocycles. The van der Waals surface area contributed by atoms with Crippen LogP contribution in [-0.4, -0.2) is 54.9 Å². The van der Waals surface area contributed by atoms with Gasteiger partial charge in [0.2, 0.25) is 12.3 Å². The minimum Gasteiger partial charge on any atom is -0.492 e. The Bertz CT molecular complexity index is 1020. The second kappa shape index (κ2) is 10.1. The van der Waals surface area contributed by atoms with Crippen molar-refractivity contribution in [2.75, 3.05) is 38.1 Å². The van der Waals surface area contributed by atoms with Crippen molar-refractivity contribution in [2.45, 2.75) is 45.1 Å². The van der Waals surface area contributed by atoms with Gasteiger partial charge in [-0.2, -0.15) is 0 Å². The monoisotopic (exact) mass is 469 g/mol. The Labute approximate surface area is 200 Å². The normalized spacial score (nSPS) is 17.8. The second-order valence-corrected chi connectivity index (χ2v) is 9.76. The molecule has 2 amide bonds. The number of rotatable bonds is 7. The molecule has 0 aliphatic carbocycles. The number of hydrogen-bond acceptors (Lipinski definition) is 4. The number of piperidine rings is 1. The van der Waals surface area contributed by atoms with Crippen molar-refractivity contribution in [1.29, 1.82) is 0 Å². The molecule has 1 saturated heterocycles. The van der Waals surface area contributed by atoms with Crippen LogP contribution in [0.4, 0.5) is 5.69 Å². The molecule has 0 spiro atoms. The predicted octanol–water partition coefficient (Wildman–Crippen LogP) is 4.25. The number of nitrogens with zero attached hydrogens (tertiary/aromatic N) is 2. The Hall–Kier alpha value is -2.57. The van der Waals surface area contributed by atoms with Gasteiger partial charge in [0.25, 0.3) is 0 Å². The Morgan fingerprint density at radius 2 is 1.94 bits per heavy atom. The van der Waals surface area contributed by atoms with Crippen LogP contribution in [0.3, 0.4) is 0 Å². The number of likely N-dealkylation sites (tertiary alicyclic amines) is 1. The van der Waals surface area contributed by atoms with Gasteiger partial charge in [-0.05, 0) is 84.8 Å². The molecule has 2 aromatic rings. The summed E-state index contributed by atoms with van der Waals surface area (Å²) in [5, 5.41) is 3.52. The minimum atomic E-state index is -0.0279. The van der Waals surface area contributed by atoms with Gasteiger partial charge in [-0.15, -0.1) is 0 Å². The van der Waals surface area contributed by atoms with Gasteiger partial charge in [-0.25, -0.2) is 0 Å². The number of hydrogen-bond donors (Lipinski definition) is 1. The summed E-state index contributed by atoms with van der Waals surface area (Å²) in [5.74, 6) is 1.03. The van der Waals surface area contributed by atoms with Gasteiger partial charge in [0.1, 0.15) is 12.4 Å². The second-order valence-electron chi connectivity index (χ2n) is 9.32. The van der Waals surface area contributed by atoms with E-state index in [2.05, 4.69) is 29.3 Å². The van der Waals surface area contributed by atoms with Gasteiger partial charge in [0.15, 0.2) is 0 Å². The lowest BCUT2D eigenvalue weighted by atomic mass is 9.74. The number of carbonyl (C=O) groups is 2. The first-order chi connectivity index (χ1) is 15.9. The van der Waals surface area contributed by atoms with Gasteiger partial charge in [-0.1, -0.05) is 24.6 Å². The predicted molar refractivity (Wildman–Crippen MR) is 131 cm³/mol. The highest BCUT2D eigenvalue weighted by atomic mass is 35.5. The van der Waals surface area contributed by atoms with Crippen LogP contribution in [0.2, 0.25) is 5.02 Å². The molecule has 0 aromatic heterocycles. The lowest BCUT2D eigenvalue weighted by Crippen LogP contribution is -2.42. The zero-order chi connectivity index (χ0) is 23.4. The summed E-state index contributed by atoms with van der Waals surface area (Å²) in [6.45, 7) is 8.80. The molecule has 4 rings (SSSR count). The summed E-state index contributed by atoms with van der Waals surface area (Å²) < 4.78 is 6.06. The van der Waals surface area contributed by atoms with Gasteiger partial charge < -0.3 is 15.0 Å². The maximum atomic E-state index is 11.6. The first kappa shape index (κ1) is 23.6. The van der Waals surface area contributed by atoms with Crippen molar-refractivity contribution in [1.82, 2.24) is 9.80 Å². The molecule has 0 bridgehead atoms. The van der Waals surface area contributed by atoms with Crippen LogP contribution in [-0.2, 0) is 28.0 Å². The summed E-state index contributed by atoms with van der Waals surface area (Å²) in [4.78, 5) is 27.0. The van der Waals surface area contributed by atoms with Gasteiger partial charge >= 0.3 is 0 Å². The number of anilines is 1. The molecule has 1 N–H and O–H groups in total. The number of nitrogens with one attached hydrogen (secondary N) is 1. The lowest BCUT2D eigenvalue weighted by Gasteiger charge is -2.40. The van der Waals surface area contributed by atoms with E-state index in [4.69, 9.17) is 16.3 Å². The molecule has 2 heterocycles. The third-order valence-electron chi connectivity index (χ3n) is 7.12. The first-order valence-electron chi connectivity index (χ1n) is 11.6. The SMILES string of the molecule is CC(=O)N1CCc2cc(OCCN3CCC(C)(c4cc(Cl)ccc4NC=O)CC3)ccc2C1. The Morgan fingerprint density at radius 1 is 1.15 bits per heavy atom. The summed E-state index contributed by atoms with van der Waals surface area (Å²) in [6, 6.07) is 11.9. The summed E-state index contributed by atoms with van der Waals surface area (Å²) in [6.07, 6.45) is 3.59. The number of benzene rings is 2. The number of fused-ring (bicyclic) bond motifs is 1. The highest BCUT2D eigenvalue weighted by molar-refractivity contribution is 6.30. The van der Waals surface area contributed by atoms with Crippen molar-refractivity contribution in [2.24, 2.45) is 0 Å². The molecule has 7 heteroatoms. The van der Waals surface area contributed by atoms with Crippen molar-refractivity contribution in [3.63, 3.8) is 0 Å². The maximum Gasteiger partial charge on any atom is 0.219 e. The van der Waals surface area contributed by atoms with E-state index < -0.39 is 0 Å². The van der Waals surface area contributed by atoms with Gasteiger partial charge in [0, 0.05) is 37.3 Å². The largest absolute Gasteiger partial charge is 0.492 e. The first-order valence-corrected chi connectivity index (χ1v) is 12.0. The summed E-state index contributed by atoms with van der Waals surface area (Å²) in [7, 11) is 0. The van der Waals surface area contributed by atoms with Crippen molar-refractivity contribution in [3.05, 3.63) is 58.1 Å². The van der Waals surface area contributed by atoms with E-state index in [1.54, 1.807) is 6.92 Å². The molecule has 0 saturated carbocycles. The fraction of sp³-hybridized carbons (Fsp3) is 0.462. The van der Waals surface area contributed by atoms with E-state index in [0.29, 0.717) is 18.2 Å². The van der Waals surface area contributed by atoms with E-state index in [-0.39, 0.29) is 11.3 Å². The third kappa shape index (κ3) is 5.50. The zero-order valence-electron chi connectivity index (χ0n) is 19.4. The molecule has 1 fully saturated rings. The molecule has 176 valence electrons. The molecule has 0 atom stereocenters. The topological polar surface area (TPSA) is 61.9 Å². The van der Waals surface area contributed by atoms with Crippen molar-refractivity contribution in [3.8, 4) is 5.75 Å². The highest BCUT2D eigenvalue weighted by Gasteiger charge is 2.33. The van der Waals surface area contributed by atoms with Crippen LogP contribution in [0.5, 0.6) is 5.75 Å². The van der Waals surface area contributed by atoms with E-state index in [1.165, 1.54) is 11.1 Å². The van der Waals surface area contributed by atoms with Crippen molar-refractivity contribution < 1.29 is 14.3 Å². The van der Waals surface area contributed by atoms with Crippen molar-refractivity contribution >= 4 is 29.6 Å². The van der Waals surface area contributed by atoms with E-state index >= 15 is 0 Å². The Balaban J connectivity index is 1.29. The molecule has 2 aromatic carbocycles. The zero-order valence-corrected chi connectivity index (χ0v) is 20.2. The molecule has 6 nitrogen and oxygen atoms in total.